The van der Waals surface area contributed by atoms with Crippen LogP contribution in [0.5, 0.6) is 5.75 Å². The van der Waals surface area contributed by atoms with Gasteiger partial charge in [0.1, 0.15) is 18.1 Å². The second-order valence-electron chi connectivity index (χ2n) is 9.66. The topological polar surface area (TPSA) is 108 Å². The molecule has 9 nitrogen and oxygen atoms in total. The van der Waals surface area contributed by atoms with E-state index in [0.29, 0.717) is 41.1 Å². The SMILES string of the molecule is CCCN1C(=O)N[C@@]2(COc3cc(-c4nc(N5C[C@@H](O)[C@@H]5C)nc5c4CCC5(F)F)ccc32)C1=O. The quantitative estimate of drug-likeness (QED) is 0.640. The number of aliphatic hydroxyl groups excluding tert-OH is 1. The number of alkyl halides is 2. The third kappa shape index (κ3) is 3.00. The van der Waals surface area contributed by atoms with Crippen molar-refractivity contribution in [2.45, 2.75) is 56.7 Å². The maximum absolute atomic E-state index is 14.7. The van der Waals surface area contributed by atoms with Crippen molar-refractivity contribution in [1.29, 1.82) is 0 Å². The Morgan fingerprint density at radius 2 is 2.09 bits per heavy atom. The largest absolute Gasteiger partial charge is 0.490 e. The highest BCUT2D eigenvalue weighted by Gasteiger charge is 2.57. The molecule has 2 N–H and O–H groups in total. The van der Waals surface area contributed by atoms with E-state index in [1.54, 1.807) is 30.0 Å². The summed E-state index contributed by atoms with van der Waals surface area (Å²) in [7, 11) is 0. The number of carbonyl (C=O) groups excluding carboxylic acids is 2. The maximum atomic E-state index is 14.7. The molecule has 6 rings (SSSR count). The van der Waals surface area contributed by atoms with Crippen LogP contribution in [0.15, 0.2) is 18.2 Å². The normalized spacial score (nSPS) is 28.1. The van der Waals surface area contributed by atoms with E-state index in [4.69, 9.17) is 4.74 Å². The number of nitrogens with one attached hydrogen (secondary N) is 1. The molecule has 35 heavy (non-hydrogen) atoms. The summed E-state index contributed by atoms with van der Waals surface area (Å²) in [6.45, 7) is 4.23. The molecule has 184 valence electrons. The molecule has 11 heteroatoms. The predicted molar refractivity (Wildman–Crippen MR) is 120 cm³/mol. The lowest BCUT2D eigenvalue weighted by atomic mass is 9.90. The number of benzene rings is 1. The van der Waals surface area contributed by atoms with Gasteiger partial charge in [0.25, 0.3) is 11.8 Å². The number of hydrogen-bond acceptors (Lipinski definition) is 7. The third-order valence-corrected chi connectivity index (χ3v) is 7.50. The summed E-state index contributed by atoms with van der Waals surface area (Å²) in [6, 6.07) is 4.37. The van der Waals surface area contributed by atoms with Gasteiger partial charge in [-0.25, -0.2) is 14.8 Å². The molecular weight excluding hydrogens is 460 g/mol. The van der Waals surface area contributed by atoms with Gasteiger partial charge in [-0.1, -0.05) is 19.1 Å². The first kappa shape index (κ1) is 22.1. The monoisotopic (exact) mass is 485 g/mol. The number of anilines is 1. The lowest BCUT2D eigenvalue weighted by Crippen LogP contribution is -2.59. The highest BCUT2D eigenvalue weighted by atomic mass is 19.3. The minimum absolute atomic E-state index is 0.0367. The first-order valence-corrected chi connectivity index (χ1v) is 11.8. The van der Waals surface area contributed by atoms with Gasteiger partial charge in [0.2, 0.25) is 5.95 Å². The lowest BCUT2D eigenvalue weighted by Gasteiger charge is -2.43. The van der Waals surface area contributed by atoms with Crippen LogP contribution in [0.25, 0.3) is 11.3 Å². The van der Waals surface area contributed by atoms with Crippen molar-refractivity contribution in [1.82, 2.24) is 20.2 Å². The van der Waals surface area contributed by atoms with Crippen molar-refractivity contribution >= 4 is 17.9 Å². The van der Waals surface area contributed by atoms with Gasteiger partial charge in [-0.15, -0.1) is 0 Å². The number of aliphatic hydroxyl groups is 1. The first-order chi connectivity index (χ1) is 16.7. The molecule has 4 aliphatic rings. The van der Waals surface area contributed by atoms with Crippen LogP contribution in [0, 0.1) is 0 Å². The average Bonchev–Trinajstić information content (AvgIpc) is 3.44. The highest BCUT2D eigenvalue weighted by molar-refractivity contribution is 6.08. The van der Waals surface area contributed by atoms with Gasteiger partial charge < -0.3 is 20.1 Å². The summed E-state index contributed by atoms with van der Waals surface area (Å²) in [4.78, 5) is 37.3. The fourth-order valence-electron chi connectivity index (χ4n) is 5.37. The summed E-state index contributed by atoms with van der Waals surface area (Å²) >= 11 is 0. The molecule has 0 saturated carbocycles. The van der Waals surface area contributed by atoms with Crippen molar-refractivity contribution in [2.24, 2.45) is 0 Å². The molecule has 3 amide bonds. The van der Waals surface area contributed by atoms with Gasteiger partial charge >= 0.3 is 6.03 Å². The number of ether oxygens (including phenoxy) is 1. The van der Waals surface area contributed by atoms with Crippen LogP contribution in [0.3, 0.4) is 0 Å². The number of amides is 3. The number of β-amino-alcohol motifs (C(OH)–C–C–N with tert-alkyl or cyclic N) is 1. The number of imide groups is 1. The molecule has 1 aromatic carbocycles. The average molecular weight is 485 g/mol. The van der Waals surface area contributed by atoms with Crippen LogP contribution in [0.1, 0.15) is 43.5 Å². The molecule has 2 aromatic rings. The minimum atomic E-state index is -3.06. The Morgan fingerprint density at radius 3 is 2.80 bits per heavy atom. The van der Waals surface area contributed by atoms with Gasteiger partial charge in [0.15, 0.2) is 5.54 Å². The number of urea groups is 1. The molecule has 3 aliphatic heterocycles. The van der Waals surface area contributed by atoms with E-state index in [2.05, 4.69) is 15.3 Å². The smallest absolute Gasteiger partial charge is 0.325 e. The molecular formula is C24H25F2N5O4. The van der Waals surface area contributed by atoms with E-state index in [1.165, 1.54) is 4.90 Å². The van der Waals surface area contributed by atoms with Gasteiger partial charge in [0.05, 0.1) is 17.8 Å². The van der Waals surface area contributed by atoms with Crippen LogP contribution in [0.2, 0.25) is 0 Å². The molecule has 2 saturated heterocycles. The number of hydrogen-bond donors (Lipinski definition) is 2. The second-order valence-corrected chi connectivity index (χ2v) is 9.66. The van der Waals surface area contributed by atoms with Crippen LogP contribution in [-0.4, -0.2) is 63.8 Å². The Hall–Kier alpha value is -3.34. The molecule has 2 fully saturated rings. The Bertz CT molecular complexity index is 1270. The Morgan fingerprint density at radius 1 is 1.29 bits per heavy atom. The zero-order chi connectivity index (χ0) is 24.7. The lowest BCUT2D eigenvalue weighted by molar-refractivity contribution is -0.132. The molecule has 0 bridgehead atoms. The number of nitrogens with zero attached hydrogens (tertiary/aromatic N) is 4. The van der Waals surface area contributed by atoms with E-state index in [1.807, 2.05) is 6.92 Å². The van der Waals surface area contributed by atoms with Crippen molar-refractivity contribution in [3.63, 3.8) is 0 Å². The number of halogens is 2. The first-order valence-electron chi connectivity index (χ1n) is 11.8. The standard InChI is InChI=1S/C24H25F2N5O4/c1-3-8-30-20(33)23(29-22(30)34)11-35-17-9-13(4-5-15(17)23)18-14-6-7-24(25,26)19(14)28-21(27-18)31-10-16(32)12(31)2/h4-5,9,12,16,32H,3,6-8,10-11H2,1-2H3,(H,29,34)/t12-,16+,23+/m0/s1. The predicted octanol–water partition coefficient (Wildman–Crippen LogP) is 2.30. The van der Waals surface area contributed by atoms with Crippen molar-refractivity contribution in [2.75, 3.05) is 24.6 Å². The van der Waals surface area contributed by atoms with Crippen molar-refractivity contribution in [3.05, 3.63) is 35.0 Å². The summed E-state index contributed by atoms with van der Waals surface area (Å²) in [5.74, 6) is -2.86. The molecule has 3 atom stereocenters. The third-order valence-electron chi connectivity index (χ3n) is 7.50. The summed E-state index contributed by atoms with van der Waals surface area (Å²) < 4.78 is 35.3. The Balaban J connectivity index is 1.42. The van der Waals surface area contributed by atoms with Gasteiger partial charge in [-0.05, 0) is 25.8 Å². The molecule has 0 radical (unpaired) electrons. The zero-order valence-corrected chi connectivity index (χ0v) is 19.3. The van der Waals surface area contributed by atoms with Gasteiger partial charge in [-0.2, -0.15) is 8.78 Å². The molecule has 0 unspecified atom stereocenters. The second kappa shape index (κ2) is 7.33. The van der Waals surface area contributed by atoms with Gasteiger partial charge in [0, 0.05) is 36.2 Å². The van der Waals surface area contributed by atoms with Crippen LogP contribution < -0.4 is 15.0 Å². The van der Waals surface area contributed by atoms with Crippen molar-refractivity contribution < 1.29 is 28.2 Å². The summed E-state index contributed by atoms with van der Waals surface area (Å²) in [5.41, 5.74) is 0.312. The van der Waals surface area contributed by atoms with E-state index in [0.717, 1.165) is 0 Å². The maximum Gasteiger partial charge on any atom is 0.325 e. The number of rotatable bonds is 4. The molecule has 1 spiro atoms. The van der Waals surface area contributed by atoms with E-state index in [-0.39, 0.29) is 49.6 Å². The van der Waals surface area contributed by atoms with Crippen LogP contribution in [-0.2, 0) is 22.7 Å². The number of fused-ring (bicyclic) bond motifs is 3. The fraction of sp³-hybridized carbons (Fsp3) is 0.500. The summed E-state index contributed by atoms with van der Waals surface area (Å²) in [5, 5.41) is 12.7. The Kier molecular flexibility index (Phi) is 4.64. The van der Waals surface area contributed by atoms with E-state index in [9.17, 15) is 23.5 Å². The van der Waals surface area contributed by atoms with Crippen LogP contribution in [0.4, 0.5) is 19.5 Å². The van der Waals surface area contributed by atoms with Crippen LogP contribution >= 0.6 is 0 Å². The summed E-state index contributed by atoms with van der Waals surface area (Å²) in [6.07, 6.45) is -0.130. The fourth-order valence-corrected chi connectivity index (χ4v) is 5.37. The minimum Gasteiger partial charge on any atom is -0.490 e. The highest BCUT2D eigenvalue weighted by Crippen LogP contribution is 2.47. The van der Waals surface area contributed by atoms with Crippen molar-refractivity contribution in [3.8, 4) is 17.0 Å². The number of carbonyl (C=O) groups is 2. The molecule has 1 aliphatic carbocycles. The Labute approximate surface area is 200 Å². The molecule has 1 aromatic heterocycles. The van der Waals surface area contributed by atoms with E-state index >= 15 is 0 Å². The van der Waals surface area contributed by atoms with E-state index < -0.39 is 23.6 Å². The molecule has 4 heterocycles. The zero-order valence-electron chi connectivity index (χ0n) is 19.3. The number of aromatic nitrogens is 2. The van der Waals surface area contributed by atoms with Gasteiger partial charge in [-0.3, -0.25) is 9.69 Å².